The van der Waals surface area contributed by atoms with Gasteiger partial charge in [0, 0.05) is 18.8 Å². The third kappa shape index (κ3) is 3.28. The van der Waals surface area contributed by atoms with E-state index in [-0.39, 0.29) is 0 Å². The van der Waals surface area contributed by atoms with Gasteiger partial charge in [0.15, 0.2) is 0 Å². The van der Waals surface area contributed by atoms with E-state index in [1.165, 1.54) is 25.7 Å². The Bertz CT molecular complexity index is 127. The highest BCUT2D eigenvalue weighted by atomic mass is 16.5. The summed E-state index contributed by atoms with van der Waals surface area (Å²) in [6, 6.07) is 0. The topological polar surface area (TPSA) is 21.3 Å². The number of hydrogen-bond acceptors (Lipinski definition) is 2. The molecular formula is C11H23NO. The summed E-state index contributed by atoms with van der Waals surface area (Å²) >= 11 is 0. The lowest BCUT2D eigenvalue weighted by molar-refractivity contribution is 0.132. The van der Waals surface area contributed by atoms with Crippen molar-refractivity contribution in [1.82, 2.24) is 5.32 Å². The summed E-state index contributed by atoms with van der Waals surface area (Å²) in [4.78, 5) is 0. The van der Waals surface area contributed by atoms with E-state index < -0.39 is 0 Å². The summed E-state index contributed by atoms with van der Waals surface area (Å²) in [6.07, 6.45) is 6.58. The van der Waals surface area contributed by atoms with E-state index >= 15 is 0 Å². The molecule has 2 heteroatoms. The van der Waals surface area contributed by atoms with E-state index in [0.29, 0.717) is 5.54 Å². The average Bonchev–Trinajstić information content (AvgIpc) is 2.09. The number of hydrogen-bond donors (Lipinski definition) is 1. The van der Waals surface area contributed by atoms with Crippen LogP contribution >= 0.6 is 0 Å². The van der Waals surface area contributed by atoms with Crippen molar-refractivity contribution in [3.05, 3.63) is 0 Å². The molecule has 1 N–H and O–H groups in total. The van der Waals surface area contributed by atoms with E-state index in [1.54, 1.807) is 0 Å². The zero-order chi connectivity index (χ0) is 9.57. The summed E-state index contributed by atoms with van der Waals surface area (Å²) in [6.45, 7) is 7.21. The van der Waals surface area contributed by atoms with Gasteiger partial charge < -0.3 is 10.1 Å². The molecule has 0 unspecified atom stereocenters. The molecule has 1 aliphatic carbocycles. The first kappa shape index (κ1) is 11.0. The van der Waals surface area contributed by atoms with Gasteiger partial charge in [-0.25, -0.2) is 0 Å². The minimum absolute atomic E-state index is 0.506. The van der Waals surface area contributed by atoms with Crippen LogP contribution in [0.4, 0.5) is 0 Å². The molecule has 0 bridgehead atoms. The van der Waals surface area contributed by atoms with Gasteiger partial charge in [-0.05, 0) is 45.6 Å². The highest BCUT2D eigenvalue weighted by Gasteiger charge is 2.33. The molecule has 0 amide bonds. The number of ether oxygens (including phenoxy) is 1. The minimum Gasteiger partial charge on any atom is -0.382 e. The van der Waals surface area contributed by atoms with Crippen molar-refractivity contribution in [3.63, 3.8) is 0 Å². The predicted octanol–water partition coefficient (Wildman–Crippen LogP) is 2.34. The molecule has 1 rings (SSSR count). The quantitative estimate of drug-likeness (QED) is 0.615. The molecular weight excluding hydrogens is 162 g/mol. The summed E-state index contributed by atoms with van der Waals surface area (Å²) in [5, 5.41) is 3.66. The first-order valence-corrected chi connectivity index (χ1v) is 5.66. The average molecular weight is 185 g/mol. The summed E-state index contributed by atoms with van der Waals surface area (Å²) in [5.41, 5.74) is 0.506. The lowest BCUT2D eigenvalue weighted by Crippen LogP contribution is -2.50. The van der Waals surface area contributed by atoms with Crippen molar-refractivity contribution in [2.75, 3.05) is 19.8 Å². The van der Waals surface area contributed by atoms with Crippen LogP contribution in [-0.2, 0) is 4.74 Å². The molecule has 13 heavy (non-hydrogen) atoms. The standard InChI is InChI=1S/C11H23NO/c1-3-11(7-5-8-11)12-9-6-10-13-4-2/h12H,3-10H2,1-2H3. The molecule has 0 spiro atoms. The van der Waals surface area contributed by atoms with Crippen LogP contribution in [0.15, 0.2) is 0 Å². The first-order valence-electron chi connectivity index (χ1n) is 5.66. The predicted molar refractivity (Wildman–Crippen MR) is 56.0 cm³/mol. The molecule has 1 fully saturated rings. The fraction of sp³-hybridized carbons (Fsp3) is 1.00. The van der Waals surface area contributed by atoms with Gasteiger partial charge in [0.2, 0.25) is 0 Å². The highest BCUT2D eigenvalue weighted by Crippen LogP contribution is 2.34. The summed E-state index contributed by atoms with van der Waals surface area (Å²) in [7, 11) is 0. The molecule has 1 saturated carbocycles. The minimum atomic E-state index is 0.506. The van der Waals surface area contributed by atoms with Gasteiger partial charge in [0.05, 0.1) is 0 Å². The van der Waals surface area contributed by atoms with E-state index in [9.17, 15) is 0 Å². The van der Waals surface area contributed by atoms with Crippen LogP contribution in [0.25, 0.3) is 0 Å². The van der Waals surface area contributed by atoms with Crippen molar-refractivity contribution in [1.29, 1.82) is 0 Å². The highest BCUT2D eigenvalue weighted by molar-refractivity contribution is 4.94. The fourth-order valence-corrected chi connectivity index (χ4v) is 1.93. The van der Waals surface area contributed by atoms with E-state index in [2.05, 4.69) is 12.2 Å². The smallest absolute Gasteiger partial charge is 0.0477 e. The Morgan fingerprint density at radius 2 is 2.08 bits per heavy atom. The second kappa shape index (κ2) is 5.61. The maximum atomic E-state index is 5.29. The first-order chi connectivity index (χ1) is 6.33. The SMILES string of the molecule is CCOCCCNC1(CC)CCC1. The molecule has 2 nitrogen and oxygen atoms in total. The Morgan fingerprint density at radius 1 is 1.31 bits per heavy atom. The van der Waals surface area contributed by atoms with E-state index in [0.717, 1.165) is 26.2 Å². The summed E-state index contributed by atoms with van der Waals surface area (Å²) in [5.74, 6) is 0. The van der Waals surface area contributed by atoms with Crippen LogP contribution < -0.4 is 5.32 Å². The lowest BCUT2D eigenvalue weighted by atomic mass is 9.75. The second-order valence-corrected chi connectivity index (χ2v) is 3.96. The molecule has 78 valence electrons. The molecule has 0 heterocycles. The normalized spacial score (nSPS) is 19.8. The Kier molecular flexibility index (Phi) is 4.74. The van der Waals surface area contributed by atoms with Crippen molar-refractivity contribution in [2.45, 2.75) is 51.5 Å². The molecule has 1 aliphatic rings. The third-order valence-electron chi connectivity index (χ3n) is 3.16. The van der Waals surface area contributed by atoms with Crippen LogP contribution in [0, 0.1) is 0 Å². The van der Waals surface area contributed by atoms with Crippen LogP contribution in [0.1, 0.15) is 46.0 Å². The molecule has 0 aromatic heterocycles. The fourth-order valence-electron chi connectivity index (χ4n) is 1.93. The van der Waals surface area contributed by atoms with Crippen LogP contribution in [0.2, 0.25) is 0 Å². The Hall–Kier alpha value is -0.0800. The Balaban J connectivity index is 1.98. The molecule has 0 aromatic carbocycles. The van der Waals surface area contributed by atoms with Crippen molar-refractivity contribution in [2.24, 2.45) is 0 Å². The van der Waals surface area contributed by atoms with Crippen LogP contribution in [-0.4, -0.2) is 25.3 Å². The second-order valence-electron chi connectivity index (χ2n) is 3.96. The van der Waals surface area contributed by atoms with Gasteiger partial charge in [-0.1, -0.05) is 6.92 Å². The number of rotatable bonds is 7. The van der Waals surface area contributed by atoms with Gasteiger partial charge in [-0.3, -0.25) is 0 Å². The van der Waals surface area contributed by atoms with Gasteiger partial charge >= 0.3 is 0 Å². The van der Waals surface area contributed by atoms with Crippen molar-refractivity contribution >= 4 is 0 Å². The summed E-state index contributed by atoms with van der Waals surface area (Å²) < 4.78 is 5.29. The largest absolute Gasteiger partial charge is 0.382 e. The van der Waals surface area contributed by atoms with Crippen LogP contribution in [0.3, 0.4) is 0 Å². The molecule has 0 aliphatic heterocycles. The monoisotopic (exact) mass is 185 g/mol. The third-order valence-corrected chi connectivity index (χ3v) is 3.16. The molecule has 0 atom stereocenters. The Morgan fingerprint density at radius 3 is 2.54 bits per heavy atom. The van der Waals surface area contributed by atoms with E-state index in [4.69, 9.17) is 4.74 Å². The van der Waals surface area contributed by atoms with E-state index in [1.807, 2.05) is 6.92 Å². The van der Waals surface area contributed by atoms with Gasteiger partial charge in [-0.2, -0.15) is 0 Å². The Labute approximate surface area is 82.0 Å². The maximum Gasteiger partial charge on any atom is 0.0477 e. The van der Waals surface area contributed by atoms with Crippen LogP contribution in [0.5, 0.6) is 0 Å². The van der Waals surface area contributed by atoms with Gasteiger partial charge in [0.25, 0.3) is 0 Å². The van der Waals surface area contributed by atoms with Crippen molar-refractivity contribution < 1.29 is 4.74 Å². The maximum absolute atomic E-state index is 5.29. The zero-order valence-corrected chi connectivity index (χ0v) is 9.07. The zero-order valence-electron chi connectivity index (χ0n) is 9.07. The number of nitrogens with one attached hydrogen (secondary N) is 1. The lowest BCUT2D eigenvalue weighted by Gasteiger charge is -2.42. The van der Waals surface area contributed by atoms with Crippen molar-refractivity contribution in [3.8, 4) is 0 Å². The van der Waals surface area contributed by atoms with Gasteiger partial charge in [0.1, 0.15) is 0 Å². The molecule has 0 saturated heterocycles. The van der Waals surface area contributed by atoms with Gasteiger partial charge in [-0.15, -0.1) is 0 Å². The molecule has 0 radical (unpaired) electrons. The molecule has 0 aromatic rings.